The number of hydrogen-bond acceptors (Lipinski definition) is 5. The van der Waals surface area contributed by atoms with E-state index in [0.29, 0.717) is 11.0 Å². The normalized spacial score (nSPS) is 17.0. The van der Waals surface area contributed by atoms with E-state index in [1.54, 1.807) is 12.4 Å². The summed E-state index contributed by atoms with van der Waals surface area (Å²) in [6.45, 7) is 0. The summed E-state index contributed by atoms with van der Waals surface area (Å²) in [6, 6.07) is 11.6. The zero-order valence-electron chi connectivity index (χ0n) is 12.8. The molecule has 3 heterocycles. The summed E-state index contributed by atoms with van der Waals surface area (Å²) in [4.78, 5) is 20.9. The van der Waals surface area contributed by atoms with Gasteiger partial charge < -0.3 is 5.32 Å². The molecular formula is C17H15N5OS. The number of amides is 1. The van der Waals surface area contributed by atoms with E-state index < -0.39 is 0 Å². The second kappa shape index (κ2) is 6.45. The third-order valence-electron chi connectivity index (χ3n) is 3.91. The lowest BCUT2D eigenvalue weighted by Gasteiger charge is -2.10. The number of carbonyl (C=O) groups excluding carboxylic acids is 1. The van der Waals surface area contributed by atoms with Crippen molar-refractivity contribution in [2.75, 3.05) is 5.32 Å². The van der Waals surface area contributed by atoms with E-state index in [4.69, 9.17) is 0 Å². The monoisotopic (exact) mass is 337 g/mol. The van der Waals surface area contributed by atoms with Crippen molar-refractivity contribution in [3.63, 3.8) is 0 Å². The van der Waals surface area contributed by atoms with Gasteiger partial charge in [0.05, 0.1) is 5.25 Å². The van der Waals surface area contributed by atoms with Crippen LogP contribution in [0.3, 0.4) is 0 Å². The largest absolute Gasteiger partial charge is 0.325 e. The van der Waals surface area contributed by atoms with Crippen molar-refractivity contribution in [3.05, 3.63) is 54.4 Å². The summed E-state index contributed by atoms with van der Waals surface area (Å²) in [7, 11) is 0. The first-order chi connectivity index (χ1) is 11.8. The van der Waals surface area contributed by atoms with Crippen LogP contribution in [0.25, 0.3) is 11.4 Å². The molecule has 120 valence electrons. The summed E-state index contributed by atoms with van der Waals surface area (Å²) in [5, 5.41) is 10.5. The lowest BCUT2D eigenvalue weighted by Crippen LogP contribution is -2.23. The Morgan fingerprint density at radius 3 is 2.83 bits per heavy atom. The average Bonchev–Trinajstić information content (AvgIpc) is 3.02. The molecule has 7 heteroatoms. The van der Waals surface area contributed by atoms with Crippen LogP contribution in [0.15, 0.2) is 53.9 Å². The number of anilines is 1. The smallest absolute Gasteiger partial charge is 0.237 e. The first kappa shape index (κ1) is 14.9. The zero-order valence-corrected chi connectivity index (χ0v) is 13.6. The molecule has 2 N–H and O–H groups in total. The Bertz CT molecular complexity index is 864. The number of nitrogens with zero attached hydrogens (tertiary/aromatic N) is 3. The fourth-order valence-electron chi connectivity index (χ4n) is 2.67. The second-order valence-corrected chi connectivity index (χ2v) is 6.66. The molecule has 1 aliphatic heterocycles. The van der Waals surface area contributed by atoms with Crippen molar-refractivity contribution >= 4 is 23.4 Å². The third kappa shape index (κ3) is 3.03. The molecule has 1 amide bonds. The number of fused-ring (bicyclic) bond motifs is 1. The Kier molecular flexibility index (Phi) is 4.00. The van der Waals surface area contributed by atoms with Crippen LogP contribution < -0.4 is 5.32 Å². The molecule has 2 aromatic heterocycles. The van der Waals surface area contributed by atoms with Gasteiger partial charge in [-0.05, 0) is 36.6 Å². The molecule has 3 aromatic rings. The van der Waals surface area contributed by atoms with Crippen molar-refractivity contribution in [1.29, 1.82) is 0 Å². The highest BCUT2D eigenvalue weighted by Crippen LogP contribution is 2.30. The fourth-order valence-corrected chi connectivity index (χ4v) is 3.57. The van der Waals surface area contributed by atoms with Gasteiger partial charge in [0.15, 0.2) is 5.82 Å². The maximum atomic E-state index is 12.5. The van der Waals surface area contributed by atoms with Gasteiger partial charge in [0, 0.05) is 23.6 Å². The molecule has 1 aromatic carbocycles. The number of benzene rings is 1. The van der Waals surface area contributed by atoms with E-state index in [2.05, 4.69) is 31.5 Å². The Hall–Kier alpha value is -2.67. The van der Waals surface area contributed by atoms with Crippen LogP contribution in [-0.4, -0.2) is 31.3 Å². The molecule has 1 aliphatic rings. The lowest BCUT2D eigenvalue weighted by molar-refractivity contribution is -0.115. The SMILES string of the molecule is O=C1Nc2ccccc2CC[C@@H]1Sc1n[nH]c(-c2ccncc2)n1. The van der Waals surface area contributed by atoms with Gasteiger partial charge in [0.2, 0.25) is 11.1 Å². The highest BCUT2D eigenvalue weighted by Gasteiger charge is 2.25. The molecule has 0 unspecified atom stereocenters. The van der Waals surface area contributed by atoms with E-state index in [0.717, 1.165) is 24.1 Å². The molecule has 0 fully saturated rings. The molecule has 0 spiro atoms. The molecule has 4 rings (SSSR count). The van der Waals surface area contributed by atoms with Crippen molar-refractivity contribution in [3.8, 4) is 11.4 Å². The first-order valence-corrected chi connectivity index (χ1v) is 8.56. The minimum atomic E-state index is -0.210. The van der Waals surface area contributed by atoms with Gasteiger partial charge in [-0.1, -0.05) is 30.0 Å². The number of rotatable bonds is 3. The van der Waals surface area contributed by atoms with Crippen molar-refractivity contribution in [2.45, 2.75) is 23.2 Å². The van der Waals surface area contributed by atoms with E-state index in [-0.39, 0.29) is 11.2 Å². The van der Waals surface area contributed by atoms with Gasteiger partial charge in [-0.25, -0.2) is 4.98 Å². The topological polar surface area (TPSA) is 83.6 Å². The number of aromatic amines is 1. The van der Waals surface area contributed by atoms with Gasteiger partial charge >= 0.3 is 0 Å². The van der Waals surface area contributed by atoms with Crippen LogP contribution in [-0.2, 0) is 11.2 Å². The number of pyridine rings is 1. The number of aromatic nitrogens is 4. The number of thioether (sulfide) groups is 1. The molecule has 0 bridgehead atoms. The maximum absolute atomic E-state index is 12.5. The summed E-state index contributed by atoms with van der Waals surface area (Å²) < 4.78 is 0. The summed E-state index contributed by atoms with van der Waals surface area (Å²) >= 11 is 1.39. The summed E-state index contributed by atoms with van der Waals surface area (Å²) in [5.74, 6) is 0.678. The predicted octanol–water partition coefficient (Wildman–Crippen LogP) is 2.91. The standard InChI is InChI=1S/C17H15N5OS/c23-16-14(6-5-11-3-1-2-4-13(11)19-16)24-17-20-15(21-22-17)12-7-9-18-10-8-12/h1-4,7-10,14H,5-6H2,(H,19,23)(H,20,21,22)/t14-/m0/s1. The Morgan fingerprint density at radius 2 is 1.96 bits per heavy atom. The number of carbonyl (C=O) groups is 1. The quantitative estimate of drug-likeness (QED) is 0.768. The second-order valence-electron chi connectivity index (χ2n) is 5.49. The van der Waals surface area contributed by atoms with Gasteiger partial charge in [-0.15, -0.1) is 5.10 Å². The Labute approximate surface area is 143 Å². The number of hydrogen-bond donors (Lipinski definition) is 2. The minimum absolute atomic E-state index is 0.000195. The van der Waals surface area contributed by atoms with E-state index in [9.17, 15) is 4.79 Å². The first-order valence-electron chi connectivity index (χ1n) is 7.68. The summed E-state index contributed by atoms with van der Waals surface area (Å²) in [5.41, 5.74) is 2.99. The van der Waals surface area contributed by atoms with E-state index >= 15 is 0 Å². The minimum Gasteiger partial charge on any atom is -0.325 e. The van der Waals surface area contributed by atoms with Crippen molar-refractivity contribution < 1.29 is 4.79 Å². The van der Waals surface area contributed by atoms with Crippen molar-refractivity contribution in [1.82, 2.24) is 20.2 Å². The molecule has 0 saturated carbocycles. The molecule has 0 aliphatic carbocycles. The number of para-hydroxylation sites is 1. The zero-order chi connectivity index (χ0) is 16.4. The van der Waals surface area contributed by atoms with Crippen LogP contribution in [0.1, 0.15) is 12.0 Å². The van der Waals surface area contributed by atoms with E-state index in [1.807, 2.05) is 30.3 Å². The highest BCUT2D eigenvalue weighted by atomic mass is 32.2. The summed E-state index contributed by atoms with van der Waals surface area (Å²) in [6.07, 6.45) is 5.03. The van der Waals surface area contributed by atoms with Crippen LogP contribution >= 0.6 is 11.8 Å². The molecular weight excluding hydrogens is 322 g/mol. The number of nitrogens with one attached hydrogen (secondary N) is 2. The molecule has 24 heavy (non-hydrogen) atoms. The van der Waals surface area contributed by atoms with Gasteiger partial charge in [-0.3, -0.25) is 14.9 Å². The molecule has 0 saturated heterocycles. The lowest BCUT2D eigenvalue weighted by atomic mass is 10.1. The van der Waals surface area contributed by atoms with Crippen molar-refractivity contribution in [2.24, 2.45) is 0 Å². The highest BCUT2D eigenvalue weighted by molar-refractivity contribution is 8.00. The predicted molar refractivity (Wildman–Crippen MR) is 92.7 cm³/mol. The van der Waals surface area contributed by atoms with Gasteiger partial charge in [0.25, 0.3) is 0 Å². The maximum Gasteiger partial charge on any atom is 0.237 e. The molecule has 6 nitrogen and oxygen atoms in total. The van der Waals surface area contributed by atoms with Crippen LogP contribution in [0.5, 0.6) is 0 Å². The Morgan fingerprint density at radius 1 is 1.12 bits per heavy atom. The fraction of sp³-hybridized carbons (Fsp3) is 0.176. The van der Waals surface area contributed by atoms with Crippen LogP contribution in [0.4, 0.5) is 5.69 Å². The average molecular weight is 337 g/mol. The van der Waals surface area contributed by atoms with Crippen LogP contribution in [0, 0.1) is 0 Å². The Balaban J connectivity index is 1.50. The van der Waals surface area contributed by atoms with Gasteiger partial charge in [-0.2, -0.15) is 0 Å². The number of H-pyrrole nitrogens is 1. The van der Waals surface area contributed by atoms with E-state index in [1.165, 1.54) is 17.3 Å². The van der Waals surface area contributed by atoms with Crippen LogP contribution in [0.2, 0.25) is 0 Å². The van der Waals surface area contributed by atoms with Gasteiger partial charge in [0.1, 0.15) is 0 Å². The molecule has 0 radical (unpaired) electrons. The number of aryl methyl sites for hydroxylation is 1. The third-order valence-corrected chi connectivity index (χ3v) is 5.04. The molecule has 1 atom stereocenters.